The second kappa shape index (κ2) is 9.27. The predicted molar refractivity (Wildman–Crippen MR) is 111 cm³/mol. The fourth-order valence-electron chi connectivity index (χ4n) is 4.17. The molecule has 0 radical (unpaired) electrons. The number of ether oxygens (including phenoxy) is 1. The van der Waals surface area contributed by atoms with Gasteiger partial charge >= 0.3 is 0 Å². The first-order chi connectivity index (χ1) is 13.4. The molecule has 7 heteroatoms. The first kappa shape index (κ1) is 21.1. The maximum Gasteiger partial charge on any atom is 0.251 e. The van der Waals surface area contributed by atoms with Gasteiger partial charge in [0.05, 0.1) is 17.5 Å². The number of benzene rings is 1. The van der Waals surface area contributed by atoms with Gasteiger partial charge in [-0.2, -0.15) is 0 Å². The van der Waals surface area contributed by atoms with Crippen molar-refractivity contribution in [1.29, 1.82) is 0 Å². The summed E-state index contributed by atoms with van der Waals surface area (Å²) in [6.07, 6.45) is 9.72. The Hall–Kier alpha value is -1.60. The number of unbranched alkanes of at least 4 members (excludes halogenated alkanes) is 1. The van der Waals surface area contributed by atoms with E-state index < -0.39 is 10.0 Å². The van der Waals surface area contributed by atoms with E-state index >= 15 is 0 Å². The molecule has 0 unspecified atom stereocenters. The molecule has 6 nitrogen and oxygen atoms in total. The number of carbonyl (C=O) groups is 1. The van der Waals surface area contributed by atoms with Crippen LogP contribution in [0, 0.1) is 0 Å². The van der Waals surface area contributed by atoms with Gasteiger partial charge < -0.3 is 10.1 Å². The molecule has 2 N–H and O–H groups in total. The molecule has 2 fully saturated rings. The van der Waals surface area contributed by atoms with Crippen molar-refractivity contribution < 1.29 is 17.9 Å². The van der Waals surface area contributed by atoms with Crippen molar-refractivity contribution in [3.63, 3.8) is 0 Å². The summed E-state index contributed by atoms with van der Waals surface area (Å²) in [7, 11) is -3.33. The highest BCUT2D eigenvalue weighted by atomic mass is 32.2. The van der Waals surface area contributed by atoms with Crippen molar-refractivity contribution in [3.05, 3.63) is 29.8 Å². The molecule has 3 rings (SSSR count). The summed E-state index contributed by atoms with van der Waals surface area (Å²) in [5.41, 5.74) is 1.05. The normalized spacial score (nSPS) is 21.5. The van der Waals surface area contributed by atoms with Crippen LogP contribution in [0.25, 0.3) is 0 Å². The topological polar surface area (TPSA) is 84.5 Å². The van der Waals surface area contributed by atoms with Crippen molar-refractivity contribution in [1.82, 2.24) is 5.32 Å². The Balaban J connectivity index is 1.47. The lowest BCUT2D eigenvalue weighted by Gasteiger charge is -2.33. The van der Waals surface area contributed by atoms with E-state index in [0.717, 1.165) is 32.1 Å². The third-order valence-corrected chi connectivity index (χ3v) is 7.15. The summed E-state index contributed by atoms with van der Waals surface area (Å²) in [4.78, 5) is 12.4. The third kappa shape index (κ3) is 5.70. The van der Waals surface area contributed by atoms with E-state index in [1.54, 1.807) is 24.3 Å². The van der Waals surface area contributed by atoms with Crippen LogP contribution >= 0.6 is 0 Å². The SMILES string of the molecule is CCCCS(=O)(=O)Nc1ccc(C(=O)NC[C@@H]2CCC3(CCCCC3)O2)cc1. The molecule has 1 saturated carbocycles. The van der Waals surface area contributed by atoms with Gasteiger partial charge in [-0.1, -0.05) is 32.6 Å². The van der Waals surface area contributed by atoms with E-state index in [1.165, 1.54) is 19.3 Å². The standard InChI is InChI=1S/C21H32N2O4S/c1-2-3-15-28(25,26)23-18-9-7-17(8-10-18)20(24)22-16-19-11-14-21(27-19)12-5-4-6-13-21/h7-10,19,23H,2-6,11-16H2,1H3,(H,22,24)/t19-/m0/s1. The summed E-state index contributed by atoms with van der Waals surface area (Å²) in [6, 6.07) is 6.54. The second-order valence-corrected chi connectivity index (χ2v) is 9.93. The maximum absolute atomic E-state index is 12.4. The van der Waals surface area contributed by atoms with E-state index in [4.69, 9.17) is 4.74 Å². The van der Waals surface area contributed by atoms with Crippen LogP contribution in [0.1, 0.15) is 75.1 Å². The molecule has 1 aromatic carbocycles. The zero-order valence-corrected chi connectivity index (χ0v) is 17.5. The minimum Gasteiger partial charge on any atom is -0.370 e. The summed E-state index contributed by atoms with van der Waals surface area (Å²) in [5, 5.41) is 2.96. The zero-order chi connectivity index (χ0) is 20.0. The average molecular weight is 409 g/mol. The molecule has 1 heterocycles. The zero-order valence-electron chi connectivity index (χ0n) is 16.7. The largest absolute Gasteiger partial charge is 0.370 e. The second-order valence-electron chi connectivity index (χ2n) is 8.08. The van der Waals surface area contributed by atoms with Gasteiger partial charge in [0.1, 0.15) is 0 Å². The molecule has 1 spiro atoms. The molecule has 1 aromatic rings. The lowest BCUT2D eigenvalue weighted by atomic mass is 9.83. The van der Waals surface area contributed by atoms with Gasteiger partial charge in [0.2, 0.25) is 10.0 Å². The molecule has 1 aliphatic carbocycles. The van der Waals surface area contributed by atoms with Crippen molar-refractivity contribution >= 4 is 21.6 Å². The summed E-state index contributed by atoms with van der Waals surface area (Å²) in [6.45, 7) is 2.47. The van der Waals surface area contributed by atoms with E-state index in [2.05, 4.69) is 10.0 Å². The van der Waals surface area contributed by atoms with E-state index in [-0.39, 0.29) is 23.4 Å². The number of carbonyl (C=O) groups excluding carboxylic acids is 1. The fraction of sp³-hybridized carbons (Fsp3) is 0.667. The molecule has 0 bridgehead atoms. The van der Waals surface area contributed by atoms with Crippen LogP contribution in [0.2, 0.25) is 0 Å². The van der Waals surface area contributed by atoms with E-state index in [0.29, 0.717) is 24.2 Å². The minimum absolute atomic E-state index is 0.0598. The van der Waals surface area contributed by atoms with Gasteiger partial charge in [-0.15, -0.1) is 0 Å². The molecule has 156 valence electrons. The van der Waals surface area contributed by atoms with Crippen LogP contribution in [0.15, 0.2) is 24.3 Å². The first-order valence-electron chi connectivity index (χ1n) is 10.5. The molecule has 0 aromatic heterocycles. The average Bonchev–Trinajstić information content (AvgIpc) is 3.07. The highest BCUT2D eigenvalue weighted by molar-refractivity contribution is 7.92. The Kier molecular flexibility index (Phi) is 6.99. The van der Waals surface area contributed by atoms with Crippen LogP contribution in [-0.2, 0) is 14.8 Å². The Labute approximate surface area is 168 Å². The number of rotatable bonds is 8. The Morgan fingerprint density at radius 1 is 1.14 bits per heavy atom. The monoisotopic (exact) mass is 408 g/mol. The van der Waals surface area contributed by atoms with Crippen LogP contribution in [0.4, 0.5) is 5.69 Å². The Bertz CT molecular complexity index is 755. The number of sulfonamides is 1. The number of hydrogen-bond donors (Lipinski definition) is 2. The van der Waals surface area contributed by atoms with Crippen molar-refractivity contribution in [2.75, 3.05) is 17.0 Å². The van der Waals surface area contributed by atoms with Gasteiger partial charge in [0.15, 0.2) is 0 Å². The predicted octanol–water partition coefficient (Wildman–Crippen LogP) is 3.84. The Morgan fingerprint density at radius 3 is 2.54 bits per heavy atom. The summed E-state index contributed by atoms with van der Waals surface area (Å²) >= 11 is 0. The van der Waals surface area contributed by atoms with E-state index in [9.17, 15) is 13.2 Å². The fourth-order valence-corrected chi connectivity index (χ4v) is 5.43. The number of amides is 1. The molecule has 2 aliphatic rings. The lowest BCUT2D eigenvalue weighted by Crippen LogP contribution is -2.36. The quantitative estimate of drug-likeness (QED) is 0.684. The third-order valence-electron chi connectivity index (χ3n) is 5.78. The molecule has 1 atom stereocenters. The van der Waals surface area contributed by atoms with Crippen LogP contribution in [0.3, 0.4) is 0 Å². The van der Waals surface area contributed by atoms with Crippen molar-refractivity contribution in [2.24, 2.45) is 0 Å². The summed E-state index contributed by atoms with van der Waals surface area (Å²) < 4.78 is 32.7. The van der Waals surface area contributed by atoms with Crippen molar-refractivity contribution in [3.8, 4) is 0 Å². The van der Waals surface area contributed by atoms with Gasteiger partial charge in [-0.3, -0.25) is 9.52 Å². The van der Waals surface area contributed by atoms with Gasteiger partial charge in [-0.25, -0.2) is 8.42 Å². The number of anilines is 1. The molecule has 1 aliphatic heterocycles. The van der Waals surface area contributed by atoms with Gasteiger partial charge in [-0.05, 0) is 56.4 Å². The van der Waals surface area contributed by atoms with Crippen molar-refractivity contribution in [2.45, 2.75) is 76.4 Å². The highest BCUT2D eigenvalue weighted by Crippen LogP contribution is 2.41. The smallest absolute Gasteiger partial charge is 0.251 e. The molecular formula is C21H32N2O4S. The maximum atomic E-state index is 12.4. The molecule has 1 saturated heterocycles. The summed E-state index contributed by atoms with van der Waals surface area (Å²) in [5.74, 6) is -0.0529. The first-order valence-corrected chi connectivity index (χ1v) is 12.1. The van der Waals surface area contributed by atoms with Gasteiger partial charge in [0.25, 0.3) is 5.91 Å². The molecule has 28 heavy (non-hydrogen) atoms. The van der Waals surface area contributed by atoms with Gasteiger partial charge in [0, 0.05) is 17.8 Å². The minimum atomic E-state index is -3.33. The highest BCUT2D eigenvalue weighted by Gasteiger charge is 2.40. The number of nitrogens with one attached hydrogen (secondary N) is 2. The number of hydrogen-bond acceptors (Lipinski definition) is 4. The molecule has 1 amide bonds. The molecular weight excluding hydrogens is 376 g/mol. The van der Waals surface area contributed by atoms with Crippen LogP contribution < -0.4 is 10.0 Å². The van der Waals surface area contributed by atoms with Crippen LogP contribution in [0.5, 0.6) is 0 Å². The lowest BCUT2D eigenvalue weighted by molar-refractivity contribution is -0.0618. The Morgan fingerprint density at radius 2 is 1.86 bits per heavy atom. The van der Waals surface area contributed by atoms with E-state index in [1.807, 2.05) is 6.92 Å². The van der Waals surface area contributed by atoms with Crippen LogP contribution in [-0.4, -0.2) is 38.3 Å².